The SMILES string of the molecule is CC(C)(C)C(=O)N(c1cc(F)cc(C(F)(F)F)c1)c1cnnc(Cl)c1. The summed E-state index contributed by atoms with van der Waals surface area (Å²) in [6.45, 7) is 4.76. The van der Waals surface area contributed by atoms with Crippen molar-refractivity contribution in [2.24, 2.45) is 5.41 Å². The minimum atomic E-state index is -4.76. The summed E-state index contributed by atoms with van der Waals surface area (Å²) in [5.41, 5.74) is -2.36. The molecule has 0 aliphatic heterocycles. The fraction of sp³-hybridized carbons (Fsp3) is 0.312. The van der Waals surface area contributed by atoms with E-state index in [2.05, 4.69) is 10.2 Å². The molecule has 25 heavy (non-hydrogen) atoms. The van der Waals surface area contributed by atoms with Crippen molar-refractivity contribution in [3.8, 4) is 0 Å². The summed E-state index contributed by atoms with van der Waals surface area (Å²) in [6, 6.07) is 3.16. The van der Waals surface area contributed by atoms with Crippen LogP contribution in [0.1, 0.15) is 26.3 Å². The Morgan fingerprint density at radius 3 is 2.24 bits per heavy atom. The number of nitrogens with zero attached hydrogens (tertiary/aromatic N) is 3. The highest BCUT2D eigenvalue weighted by molar-refractivity contribution is 6.29. The molecule has 9 heteroatoms. The molecule has 0 aliphatic carbocycles. The van der Waals surface area contributed by atoms with E-state index in [0.717, 1.165) is 17.2 Å². The predicted molar refractivity (Wildman–Crippen MR) is 85.0 cm³/mol. The quantitative estimate of drug-likeness (QED) is 0.694. The smallest absolute Gasteiger partial charge is 0.279 e. The Balaban J connectivity index is 2.68. The Morgan fingerprint density at radius 1 is 1.08 bits per heavy atom. The molecule has 0 fully saturated rings. The molecule has 0 N–H and O–H groups in total. The summed E-state index contributed by atoms with van der Waals surface area (Å²) in [5, 5.41) is 7.07. The standard InChI is InChI=1S/C16H14ClF4N3O/c1-15(2,3)14(25)24(12-7-13(17)23-22-8-12)11-5-9(16(19,20)21)4-10(18)6-11/h4-8H,1-3H3. The van der Waals surface area contributed by atoms with E-state index in [1.54, 1.807) is 20.8 Å². The summed E-state index contributed by atoms with van der Waals surface area (Å²) in [5.74, 6) is -1.68. The molecule has 134 valence electrons. The molecule has 1 amide bonds. The van der Waals surface area contributed by atoms with Crippen molar-refractivity contribution in [2.45, 2.75) is 26.9 Å². The zero-order valence-corrected chi connectivity index (χ0v) is 14.3. The van der Waals surface area contributed by atoms with Crippen LogP contribution in [0, 0.1) is 11.2 Å². The Morgan fingerprint density at radius 2 is 1.72 bits per heavy atom. The summed E-state index contributed by atoms with van der Waals surface area (Å²) in [7, 11) is 0. The van der Waals surface area contributed by atoms with E-state index >= 15 is 0 Å². The van der Waals surface area contributed by atoms with Gasteiger partial charge in [0.2, 0.25) is 5.91 Å². The predicted octanol–water partition coefficient (Wildman–Crippen LogP) is 5.00. The Kier molecular flexibility index (Phi) is 5.04. The number of amides is 1. The van der Waals surface area contributed by atoms with E-state index < -0.39 is 28.9 Å². The van der Waals surface area contributed by atoms with Gasteiger partial charge in [0, 0.05) is 11.5 Å². The van der Waals surface area contributed by atoms with Crippen LogP contribution < -0.4 is 4.90 Å². The lowest BCUT2D eigenvalue weighted by Gasteiger charge is -2.30. The molecular formula is C16H14ClF4N3O. The lowest BCUT2D eigenvalue weighted by molar-refractivity contribution is -0.137. The summed E-state index contributed by atoms with van der Waals surface area (Å²) in [4.78, 5) is 13.7. The van der Waals surface area contributed by atoms with Gasteiger partial charge >= 0.3 is 6.18 Å². The molecule has 0 spiro atoms. The van der Waals surface area contributed by atoms with Crippen molar-refractivity contribution in [1.29, 1.82) is 0 Å². The number of hydrogen-bond acceptors (Lipinski definition) is 3. The van der Waals surface area contributed by atoms with Crippen LogP contribution in [0.25, 0.3) is 0 Å². The van der Waals surface area contributed by atoms with Crippen molar-refractivity contribution in [2.75, 3.05) is 4.90 Å². The van der Waals surface area contributed by atoms with Gasteiger partial charge in [-0.2, -0.15) is 18.3 Å². The number of alkyl halides is 3. The van der Waals surface area contributed by atoms with Gasteiger partial charge in [0.15, 0.2) is 5.15 Å². The topological polar surface area (TPSA) is 46.1 Å². The van der Waals surface area contributed by atoms with E-state index in [1.807, 2.05) is 0 Å². The van der Waals surface area contributed by atoms with Crippen LogP contribution in [-0.4, -0.2) is 16.1 Å². The summed E-state index contributed by atoms with van der Waals surface area (Å²) in [6.07, 6.45) is -3.60. The van der Waals surface area contributed by atoms with Crippen LogP contribution in [-0.2, 0) is 11.0 Å². The van der Waals surface area contributed by atoms with Crippen molar-refractivity contribution in [1.82, 2.24) is 10.2 Å². The number of carbonyl (C=O) groups is 1. The Hall–Kier alpha value is -2.22. The molecule has 1 aromatic heterocycles. The maximum absolute atomic E-state index is 13.8. The van der Waals surface area contributed by atoms with E-state index in [1.165, 1.54) is 6.07 Å². The third-order valence-electron chi connectivity index (χ3n) is 3.18. The molecule has 0 bridgehead atoms. The molecule has 1 aromatic carbocycles. The van der Waals surface area contributed by atoms with E-state index in [9.17, 15) is 22.4 Å². The molecular weight excluding hydrogens is 362 g/mol. The first kappa shape index (κ1) is 19.1. The van der Waals surface area contributed by atoms with Crippen LogP contribution in [0.2, 0.25) is 5.15 Å². The number of rotatable bonds is 2. The number of aromatic nitrogens is 2. The fourth-order valence-corrected chi connectivity index (χ4v) is 2.19. The molecule has 0 unspecified atom stereocenters. The molecule has 1 heterocycles. The molecule has 2 rings (SSSR count). The largest absolute Gasteiger partial charge is 0.416 e. The van der Waals surface area contributed by atoms with Gasteiger partial charge in [-0.15, -0.1) is 5.10 Å². The monoisotopic (exact) mass is 375 g/mol. The van der Waals surface area contributed by atoms with Crippen LogP contribution in [0.15, 0.2) is 30.5 Å². The molecule has 2 aromatic rings. The number of halogens is 5. The minimum Gasteiger partial charge on any atom is -0.279 e. The number of hydrogen-bond donors (Lipinski definition) is 0. The number of anilines is 2. The fourth-order valence-electron chi connectivity index (χ4n) is 2.04. The summed E-state index contributed by atoms with van der Waals surface area (Å²) >= 11 is 5.76. The third-order valence-corrected chi connectivity index (χ3v) is 3.37. The van der Waals surface area contributed by atoms with Crippen molar-refractivity contribution < 1.29 is 22.4 Å². The Bertz CT molecular complexity index is 803. The second-order valence-electron chi connectivity index (χ2n) is 6.32. The Labute approximate surface area is 146 Å². The summed E-state index contributed by atoms with van der Waals surface area (Å²) < 4.78 is 52.8. The second kappa shape index (κ2) is 6.59. The highest BCUT2D eigenvalue weighted by Crippen LogP contribution is 2.36. The molecule has 0 radical (unpaired) electrons. The van der Waals surface area contributed by atoms with Crippen LogP contribution in [0.3, 0.4) is 0 Å². The average Bonchev–Trinajstić information content (AvgIpc) is 2.45. The number of carbonyl (C=O) groups excluding carboxylic acids is 1. The lowest BCUT2D eigenvalue weighted by Crippen LogP contribution is -2.36. The average molecular weight is 376 g/mol. The maximum Gasteiger partial charge on any atom is 0.416 e. The molecule has 0 atom stereocenters. The maximum atomic E-state index is 13.8. The van der Waals surface area contributed by atoms with Gasteiger partial charge in [-0.1, -0.05) is 32.4 Å². The molecule has 4 nitrogen and oxygen atoms in total. The van der Waals surface area contributed by atoms with Gasteiger partial charge in [0.1, 0.15) is 5.82 Å². The molecule has 0 aliphatic rings. The van der Waals surface area contributed by atoms with Gasteiger partial charge < -0.3 is 0 Å². The normalized spacial score (nSPS) is 12.2. The van der Waals surface area contributed by atoms with Crippen LogP contribution in [0.4, 0.5) is 28.9 Å². The first-order valence-electron chi connectivity index (χ1n) is 7.10. The van der Waals surface area contributed by atoms with Gasteiger partial charge in [0.25, 0.3) is 0 Å². The first-order chi connectivity index (χ1) is 11.4. The molecule has 0 saturated carbocycles. The van der Waals surface area contributed by atoms with Gasteiger partial charge in [0.05, 0.1) is 23.1 Å². The number of benzene rings is 1. The lowest BCUT2D eigenvalue weighted by atomic mass is 9.94. The molecule has 0 saturated heterocycles. The zero-order valence-electron chi connectivity index (χ0n) is 13.5. The van der Waals surface area contributed by atoms with Crippen LogP contribution in [0.5, 0.6) is 0 Å². The highest BCUT2D eigenvalue weighted by atomic mass is 35.5. The van der Waals surface area contributed by atoms with Gasteiger partial charge in [-0.05, 0) is 18.2 Å². The van der Waals surface area contributed by atoms with E-state index in [0.29, 0.717) is 12.1 Å². The van der Waals surface area contributed by atoms with Crippen LogP contribution >= 0.6 is 11.6 Å². The van der Waals surface area contributed by atoms with Gasteiger partial charge in [-0.25, -0.2) is 4.39 Å². The van der Waals surface area contributed by atoms with Gasteiger partial charge in [-0.3, -0.25) is 9.69 Å². The van der Waals surface area contributed by atoms with Crippen molar-refractivity contribution >= 4 is 28.9 Å². The minimum absolute atomic E-state index is 0.0587. The first-order valence-corrected chi connectivity index (χ1v) is 7.48. The van der Waals surface area contributed by atoms with E-state index in [4.69, 9.17) is 11.6 Å². The third kappa shape index (κ3) is 4.45. The second-order valence-corrected chi connectivity index (χ2v) is 6.71. The van der Waals surface area contributed by atoms with Crippen molar-refractivity contribution in [3.05, 3.63) is 47.0 Å². The highest BCUT2D eigenvalue weighted by Gasteiger charge is 2.34. The zero-order chi connectivity index (χ0) is 19.0. The van der Waals surface area contributed by atoms with E-state index in [-0.39, 0.29) is 16.5 Å². The van der Waals surface area contributed by atoms with Crippen molar-refractivity contribution in [3.63, 3.8) is 0 Å².